The highest BCUT2D eigenvalue weighted by atomic mass is 19.1. The third-order valence-corrected chi connectivity index (χ3v) is 4.01. The van der Waals surface area contributed by atoms with E-state index in [0.29, 0.717) is 12.2 Å². The maximum atomic E-state index is 13.0. The monoisotopic (exact) mass is 329 g/mol. The van der Waals surface area contributed by atoms with Gasteiger partial charge in [-0.3, -0.25) is 4.79 Å². The van der Waals surface area contributed by atoms with Crippen molar-refractivity contribution in [2.24, 2.45) is 0 Å². The van der Waals surface area contributed by atoms with E-state index in [1.807, 2.05) is 39.8 Å². The second kappa shape index (κ2) is 7.95. The predicted molar refractivity (Wildman–Crippen MR) is 93.6 cm³/mol. The molecule has 0 saturated carbocycles. The summed E-state index contributed by atoms with van der Waals surface area (Å²) in [5.41, 5.74) is 3.43. The van der Waals surface area contributed by atoms with Crippen LogP contribution in [0, 0.1) is 19.7 Å². The van der Waals surface area contributed by atoms with Gasteiger partial charge in [0.05, 0.1) is 6.04 Å². The van der Waals surface area contributed by atoms with Crippen LogP contribution in [0.4, 0.5) is 4.39 Å². The van der Waals surface area contributed by atoms with Gasteiger partial charge in [-0.15, -0.1) is 0 Å². The van der Waals surface area contributed by atoms with Crippen molar-refractivity contribution in [2.45, 2.75) is 46.3 Å². The van der Waals surface area contributed by atoms with Gasteiger partial charge >= 0.3 is 0 Å². The highest BCUT2D eigenvalue weighted by Crippen LogP contribution is 2.20. The minimum atomic E-state index is -0.608. The molecule has 0 aliphatic carbocycles. The number of hydrogen-bond acceptors (Lipinski definition) is 2. The molecule has 2 atom stereocenters. The lowest BCUT2D eigenvalue weighted by Gasteiger charge is -2.22. The molecule has 0 aliphatic rings. The molecular weight excluding hydrogens is 305 g/mol. The maximum absolute atomic E-state index is 13.0. The van der Waals surface area contributed by atoms with Crippen molar-refractivity contribution in [3.05, 3.63) is 65.0 Å². The zero-order valence-corrected chi connectivity index (χ0v) is 14.6. The van der Waals surface area contributed by atoms with Crippen LogP contribution in [0.15, 0.2) is 42.5 Å². The van der Waals surface area contributed by atoms with Crippen LogP contribution in [0.3, 0.4) is 0 Å². The third kappa shape index (κ3) is 4.57. The fourth-order valence-corrected chi connectivity index (χ4v) is 2.70. The molecule has 1 amide bonds. The number of hydrogen-bond donors (Lipinski definition) is 1. The van der Waals surface area contributed by atoms with Crippen molar-refractivity contribution in [2.75, 3.05) is 0 Å². The van der Waals surface area contributed by atoms with Crippen molar-refractivity contribution in [1.82, 2.24) is 5.32 Å². The van der Waals surface area contributed by atoms with Gasteiger partial charge in [-0.1, -0.05) is 30.7 Å². The van der Waals surface area contributed by atoms with Gasteiger partial charge in [-0.2, -0.15) is 0 Å². The van der Waals surface area contributed by atoms with Crippen molar-refractivity contribution < 1.29 is 13.9 Å². The number of halogens is 1. The van der Waals surface area contributed by atoms with Gasteiger partial charge in [0.25, 0.3) is 5.91 Å². The number of rotatable bonds is 6. The van der Waals surface area contributed by atoms with E-state index < -0.39 is 6.10 Å². The largest absolute Gasteiger partial charge is 0.481 e. The lowest BCUT2D eigenvalue weighted by atomic mass is 10.00. The van der Waals surface area contributed by atoms with Crippen LogP contribution in [0.5, 0.6) is 5.75 Å². The van der Waals surface area contributed by atoms with Crippen molar-refractivity contribution in [1.29, 1.82) is 0 Å². The van der Waals surface area contributed by atoms with Gasteiger partial charge in [0.1, 0.15) is 11.6 Å². The van der Waals surface area contributed by atoms with Crippen LogP contribution in [-0.2, 0) is 4.79 Å². The summed E-state index contributed by atoms with van der Waals surface area (Å²) in [6.45, 7) is 7.93. The van der Waals surface area contributed by atoms with Crippen LogP contribution in [0.2, 0.25) is 0 Å². The second-order valence-electron chi connectivity index (χ2n) is 6.06. The predicted octanol–water partition coefficient (Wildman–Crippen LogP) is 4.48. The first-order chi connectivity index (χ1) is 11.4. The van der Waals surface area contributed by atoms with E-state index in [2.05, 4.69) is 11.4 Å². The SMILES string of the molecule is CC[C@H](Oc1ccc(F)cc1)C(=O)N[C@@H](C)c1ccc(C)cc1C. The highest BCUT2D eigenvalue weighted by molar-refractivity contribution is 5.81. The van der Waals surface area contributed by atoms with E-state index in [4.69, 9.17) is 4.74 Å². The van der Waals surface area contributed by atoms with Crippen LogP contribution in [0.1, 0.15) is 43.0 Å². The van der Waals surface area contributed by atoms with Crippen LogP contribution in [-0.4, -0.2) is 12.0 Å². The van der Waals surface area contributed by atoms with E-state index in [-0.39, 0.29) is 17.8 Å². The minimum absolute atomic E-state index is 0.107. The van der Waals surface area contributed by atoms with Crippen LogP contribution < -0.4 is 10.1 Å². The molecule has 2 rings (SSSR count). The molecule has 4 heteroatoms. The van der Waals surface area contributed by atoms with Crippen LogP contribution in [0.25, 0.3) is 0 Å². The molecule has 0 aliphatic heterocycles. The van der Waals surface area contributed by atoms with Gasteiger partial charge < -0.3 is 10.1 Å². The summed E-state index contributed by atoms with van der Waals surface area (Å²) in [5.74, 6) is -0.0183. The van der Waals surface area contributed by atoms with Crippen LogP contribution >= 0.6 is 0 Å². The smallest absolute Gasteiger partial charge is 0.261 e. The summed E-state index contributed by atoms with van der Waals surface area (Å²) in [5, 5.41) is 3.00. The van der Waals surface area contributed by atoms with Crippen molar-refractivity contribution in [3.8, 4) is 5.75 Å². The average Bonchev–Trinajstić information content (AvgIpc) is 2.54. The molecule has 128 valence electrons. The zero-order valence-electron chi connectivity index (χ0n) is 14.6. The molecule has 3 nitrogen and oxygen atoms in total. The Kier molecular flexibility index (Phi) is 5.96. The summed E-state index contributed by atoms with van der Waals surface area (Å²) in [6, 6.07) is 11.8. The minimum Gasteiger partial charge on any atom is -0.481 e. The van der Waals surface area contributed by atoms with Gasteiger partial charge in [-0.05, 0) is 62.6 Å². The fourth-order valence-electron chi connectivity index (χ4n) is 2.70. The third-order valence-electron chi connectivity index (χ3n) is 4.01. The summed E-state index contributed by atoms with van der Waals surface area (Å²) in [4.78, 5) is 12.5. The molecule has 24 heavy (non-hydrogen) atoms. The quantitative estimate of drug-likeness (QED) is 0.849. The molecule has 0 radical (unpaired) electrons. The lowest BCUT2D eigenvalue weighted by Crippen LogP contribution is -2.39. The standard InChI is InChI=1S/C20H24FNO2/c1-5-19(24-17-9-7-16(21)8-10-17)20(23)22-15(4)18-11-6-13(2)12-14(18)3/h6-12,15,19H,5H2,1-4H3,(H,22,23)/t15-,19-/m0/s1. The summed E-state index contributed by atoms with van der Waals surface area (Å²) in [7, 11) is 0. The lowest BCUT2D eigenvalue weighted by molar-refractivity contribution is -0.128. The van der Waals surface area contributed by atoms with Gasteiger partial charge in [0, 0.05) is 0 Å². The Labute approximate surface area is 142 Å². The molecule has 0 bridgehead atoms. The average molecular weight is 329 g/mol. The number of ether oxygens (including phenoxy) is 1. The number of amides is 1. The summed E-state index contributed by atoms with van der Waals surface area (Å²) >= 11 is 0. The van der Waals surface area contributed by atoms with E-state index in [1.165, 1.54) is 29.8 Å². The van der Waals surface area contributed by atoms with E-state index >= 15 is 0 Å². The number of carbonyl (C=O) groups is 1. The fraction of sp³-hybridized carbons (Fsp3) is 0.350. The Morgan fingerprint density at radius 2 is 1.83 bits per heavy atom. The highest BCUT2D eigenvalue weighted by Gasteiger charge is 2.21. The van der Waals surface area contributed by atoms with E-state index in [9.17, 15) is 9.18 Å². The summed E-state index contributed by atoms with van der Waals surface area (Å²) < 4.78 is 18.6. The van der Waals surface area contributed by atoms with E-state index in [0.717, 1.165) is 11.1 Å². The second-order valence-corrected chi connectivity index (χ2v) is 6.06. The number of benzene rings is 2. The number of carbonyl (C=O) groups excluding carboxylic acids is 1. The molecule has 2 aromatic rings. The zero-order chi connectivity index (χ0) is 17.7. The first kappa shape index (κ1) is 18.0. The van der Waals surface area contributed by atoms with Crippen molar-refractivity contribution >= 4 is 5.91 Å². The Bertz CT molecular complexity index is 697. The first-order valence-corrected chi connectivity index (χ1v) is 8.20. The molecule has 0 aromatic heterocycles. The summed E-state index contributed by atoms with van der Waals surface area (Å²) in [6.07, 6.45) is -0.0772. The topological polar surface area (TPSA) is 38.3 Å². The first-order valence-electron chi connectivity index (χ1n) is 8.20. The molecule has 1 N–H and O–H groups in total. The Morgan fingerprint density at radius 3 is 2.42 bits per heavy atom. The Hall–Kier alpha value is -2.36. The molecule has 0 spiro atoms. The van der Waals surface area contributed by atoms with Crippen molar-refractivity contribution in [3.63, 3.8) is 0 Å². The normalized spacial score (nSPS) is 13.2. The maximum Gasteiger partial charge on any atom is 0.261 e. The molecule has 0 saturated heterocycles. The molecule has 2 aromatic carbocycles. The molecule has 0 unspecified atom stereocenters. The molecule has 0 fully saturated rings. The van der Waals surface area contributed by atoms with Gasteiger partial charge in [-0.25, -0.2) is 4.39 Å². The van der Waals surface area contributed by atoms with Gasteiger partial charge in [0.2, 0.25) is 0 Å². The molecule has 0 heterocycles. The Morgan fingerprint density at radius 1 is 1.17 bits per heavy atom. The Balaban J connectivity index is 2.04. The van der Waals surface area contributed by atoms with Gasteiger partial charge in [0.15, 0.2) is 6.10 Å². The van der Waals surface area contributed by atoms with E-state index in [1.54, 1.807) is 0 Å². The number of nitrogens with one attached hydrogen (secondary N) is 1. The number of aryl methyl sites for hydroxylation is 2. The molecular formula is C20H24FNO2.